The predicted octanol–water partition coefficient (Wildman–Crippen LogP) is 5.74. The highest BCUT2D eigenvalue weighted by atomic mass is 79.9. The summed E-state index contributed by atoms with van der Waals surface area (Å²) in [5, 5.41) is 2.06. The molecular formula is C21H12BrNO3S2. The van der Waals surface area contributed by atoms with Gasteiger partial charge in [-0.2, -0.15) is 0 Å². The normalized spacial score (nSPS) is 17.2. The van der Waals surface area contributed by atoms with Gasteiger partial charge in [0.1, 0.15) is 0 Å². The van der Waals surface area contributed by atoms with Crippen LogP contribution in [0.5, 0.6) is 11.5 Å². The van der Waals surface area contributed by atoms with E-state index in [0.717, 1.165) is 26.5 Å². The van der Waals surface area contributed by atoms with Crippen LogP contribution in [-0.2, 0) is 4.79 Å². The maximum atomic E-state index is 13.2. The molecule has 0 spiro atoms. The molecular weight excluding hydrogens is 458 g/mol. The molecule has 0 saturated carbocycles. The van der Waals surface area contributed by atoms with E-state index in [4.69, 9.17) is 21.7 Å². The first-order valence-electron chi connectivity index (χ1n) is 8.47. The number of carbonyl (C=O) groups is 1. The molecule has 1 saturated heterocycles. The highest BCUT2D eigenvalue weighted by Gasteiger charge is 2.34. The molecule has 2 aliphatic heterocycles. The quantitative estimate of drug-likeness (QED) is 0.353. The standard InChI is InChI=1S/C21H12BrNO3S2/c22-15-10-18-17(25-11-26-18)8-13(15)9-19-20(24)23(21(27)28-19)16-7-3-5-12-4-1-2-6-14(12)16/h1-10H,11H2/b19-9+. The van der Waals surface area contributed by atoms with Crippen molar-refractivity contribution in [3.05, 3.63) is 69.5 Å². The van der Waals surface area contributed by atoms with Crippen LogP contribution in [0.2, 0.25) is 0 Å². The Kier molecular flexibility index (Phi) is 4.38. The average molecular weight is 470 g/mol. The minimum Gasteiger partial charge on any atom is -0.454 e. The van der Waals surface area contributed by atoms with Crippen LogP contribution in [0, 0.1) is 0 Å². The van der Waals surface area contributed by atoms with Crippen LogP contribution >= 0.6 is 39.9 Å². The van der Waals surface area contributed by atoms with Crippen molar-refractivity contribution < 1.29 is 14.3 Å². The van der Waals surface area contributed by atoms with Gasteiger partial charge in [0, 0.05) is 9.86 Å². The summed E-state index contributed by atoms with van der Waals surface area (Å²) < 4.78 is 12.2. The molecule has 3 aromatic rings. The second-order valence-electron chi connectivity index (χ2n) is 6.24. The van der Waals surface area contributed by atoms with Crippen molar-refractivity contribution in [2.24, 2.45) is 0 Å². The molecule has 0 radical (unpaired) electrons. The van der Waals surface area contributed by atoms with Crippen molar-refractivity contribution in [3.63, 3.8) is 0 Å². The number of thioether (sulfide) groups is 1. The van der Waals surface area contributed by atoms with Gasteiger partial charge >= 0.3 is 0 Å². The first-order chi connectivity index (χ1) is 13.6. The first-order valence-corrected chi connectivity index (χ1v) is 10.5. The third-order valence-corrected chi connectivity index (χ3v) is 6.57. The zero-order valence-corrected chi connectivity index (χ0v) is 17.6. The van der Waals surface area contributed by atoms with Gasteiger partial charge in [0.2, 0.25) is 6.79 Å². The molecule has 0 atom stereocenters. The molecule has 28 heavy (non-hydrogen) atoms. The van der Waals surface area contributed by atoms with Crippen molar-refractivity contribution in [1.29, 1.82) is 0 Å². The molecule has 2 heterocycles. The van der Waals surface area contributed by atoms with Crippen molar-refractivity contribution >= 4 is 72.7 Å². The summed E-state index contributed by atoms with van der Waals surface area (Å²) in [6.07, 6.45) is 1.83. The number of nitrogens with zero attached hydrogens (tertiary/aromatic N) is 1. The lowest BCUT2D eigenvalue weighted by atomic mass is 10.1. The Morgan fingerprint density at radius 3 is 2.68 bits per heavy atom. The van der Waals surface area contributed by atoms with Gasteiger partial charge in [-0.3, -0.25) is 9.69 Å². The van der Waals surface area contributed by atoms with Crippen LogP contribution in [0.4, 0.5) is 5.69 Å². The number of thiocarbonyl (C=S) groups is 1. The predicted molar refractivity (Wildman–Crippen MR) is 120 cm³/mol. The molecule has 0 aromatic heterocycles. The fourth-order valence-electron chi connectivity index (χ4n) is 3.26. The van der Waals surface area contributed by atoms with Gasteiger partial charge in [-0.25, -0.2) is 0 Å². The molecule has 0 aliphatic carbocycles. The van der Waals surface area contributed by atoms with Gasteiger partial charge in [0.05, 0.1) is 10.6 Å². The number of benzene rings is 3. The molecule has 5 rings (SSSR count). The number of hydrogen-bond donors (Lipinski definition) is 0. The summed E-state index contributed by atoms with van der Waals surface area (Å²) in [5.74, 6) is 1.22. The lowest BCUT2D eigenvalue weighted by molar-refractivity contribution is -0.113. The van der Waals surface area contributed by atoms with E-state index in [0.29, 0.717) is 20.7 Å². The van der Waals surface area contributed by atoms with E-state index in [1.165, 1.54) is 11.8 Å². The Bertz CT molecular complexity index is 1190. The second-order valence-corrected chi connectivity index (χ2v) is 8.77. The van der Waals surface area contributed by atoms with Crippen LogP contribution < -0.4 is 14.4 Å². The van der Waals surface area contributed by atoms with Crippen LogP contribution in [0.1, 0.15) is 5.56 Å². The van der Waals surface area contributed by atoms with Gasteiger partial charge in [-0.1, -0.05) is 76.3 Å². The maximum absolute atomic E-state index is 13.2. The van der Waals surface area contributed by atoms with Gasteiger partial charge in [-0.15, -0.1) is 0 Å². The fourth-order valence-corrected chi connectivity index (χ4v) is 4.98. The second kappa shape index (κ2) is 6.92. The number of halogens is 1. The molecule has 3 aromatic carbocycles. The molecule has 0 unspecified atom stereocenters. The summed E-state index contributed by atoms with van der Waals surface area (Å²) >= 11 is 10.4. The van der Waals surface area contributed by atoms with Gasteiger partial charge in [0.25, 0.3) is 5.91 Å². The van der Waals surface area contributed by atoms with E-state index in [2.05, 4.69) is 15.9 Å². The summed E-state index contributed by atoms with van der Waals surface area (Å²) in [4.78, 5) is 15.4. The third kappa shape index (κ3) is 2.90. The molecule has 138 valence electrons. The topological polar surface area (TPSA) is 38.8 Å². The van der Waals surface area contributed by atoms with Gasteiger partial charge in [-0.05, 0) is 35.2 Å². The Labute approximate surface area is 179 Å². The zero-order chi connectivity index (χ0) is 19.3. The highest BCUT2D eigenvalue weighted by Crippen LogP contribution is 2.42. The zero-order valence-electron chi connectivity index (χ0n) is 14.3. The SMILES string of the molecule is O=C1/C(=C\c2cc3c(cc2Br)OCO3)SC(=S)N1c1cccc2ccccc12. The molecule has 0 bridgehead atoms. The fraction of sp³-hybridized carbons (Fsp3) is 0.0476. The number of anilines is 1. The molecule has 0 N–H and O–H groups in total. The van der Waals surface area contributed by atoms with Crippen molar-refractivity contribution in [2.45, 2.75) is 0 Å². The summed E-state index contributed by atoms with van der Waals surface area (Å²) in [6.45, 7) is 0.203. The minimum atomic E-state index is -0.129. The van der Waals surface area contributed by atoms with Crippen LogP contribution in [0.15, 0.2) is 64.0 Å². The van der Waals surface area contributed by atoms with Gasteiger partial charge in [0.15, 0.2) is 15.8 Å². The summed E-state index contributed by atoms with van der Waals surface area (Å²) in [7, 11) is 0. The minimum absolute atomic E-state index is 0.129. The number of ether oxygens (including phenoxy) is 2. The van der Waals surface area contributed by atoms with Crippen molar-refractivity contribution in [2.75, 3.05) is 11.7 Å². The third-order valence-electron chi connectivity index (χ3n) is 4.58. The van der Waals surface area contributed by atoms with Crippen LogP contribution in [-0.4, -0.2) is 17.0 Å². The van der Waals surface area contributed by atoms with E-state index in [-0.39, 0.29) is 12.7 Å². The Morgan fingerprint density at radius 2 is 1.82 bits per heavy atom. The van der Waals surface area contributed by atoms with E-state index in [1.54, 1.807) is 4.90 Å². The lowest BCUT2D eigenvalue weighted by Crippen LogP contribution is -2.27. The molecule has 2 aliphatic rings. The maximum Gasteiger partial charge on any atom is 0.270 e. The monoisotopic (exact) mass is 469 g/mol. The first kappa shape index (κ1) is 17.7. The smallest absolute Gasteiger partial charge is 0.270 e. The lowest BCUT2D eigenvalue weighted by Gasteiger charge is -2.17. The number of hydrogen-bond acceptors (Lipinski definition) is 5. The van der Waals surface area contributed by atoms with Crippen LogP contribution in [0.3, 0.4) is 0 Å². The Balaban J connectivity index is 1.56. The van der Waals surface area contributed by atoms with Crippen LogP contribution in [0.25, 0.3) is 16.8 Å². The van der Waals surface area contributed by atoms with Gasteiger partial charge < -0.3 is 9.47 Å². The molecule has 4 nitrogen and oxygen atoms in total. The van der Waals surface area contributed by atoms with Crippen molar-refractivity contribution in [3.8, 4) is 11.5 Å². The summed E-state index contributed by atoms with van der Waals surface area (Å²) in [5.41, 5.74) is 1.64. The average Bonchev–Trinajstić information content (AvgIpc) is 3.25. The van der Waals surface area contributed by atoms with E-state index in [9.17, 15) is 4.79 Å². The van der Waals surface area contributed by atoms with Crippen molar-refractivity contribution in [1.82, 2.24) is 0 Å². The number of carbonyl (C=O) groups excluding carboxylic acids is 1. The summed E-state index contributed by atoms with van der Waals surface area (Å²) in [6, 6.07) is 17.6. The van der Waals surface area contributed by atoms with E-state index < -0.39 is 0 Å². The molecule has 1 fully saturated rings. The van der Waals surface area contributed by atoms with E-state index >= 15 is 0 Å². The Morgan fingerprint density at radius 1 is 1.07 bits per heavy atom. The highest BCUT2D eigenvalue weighted by molar-refractivity contribution is 9.10. The number of amides is 1. The molecule has 7 heteroatoms. The molecule has 1 amide bonds. The Hall–Kier alpha value is -2.35. The number of fused-ring (bicyclic) bond motifs is 2. The van der Waals surface area contributed by atoms with E-state index in [1.807, 2.05) is 60.7 Å². The number of rotatable bonds is 2. The largest absolute Gasteiger partial charge is 0.454 e.